The van der Waals surface area contributed by atoms with Gasteiger partial charge in [0.15, 0.2) is 11.3 Å². The van der Waals surface area contributed by atoms with E-state index < -0.39 is 11.1 Å². The number of alkyl halides is 3. The lowest BCUT2D eigenvalue weighted by Crippen LogP contribution is -2.32. The number of halogens is 3. The van der Waals surface area contributed by atoms with Gasteiger partial charge in [-0.15, -0.1) is 0 Å². The highest BCUT2D eigenvalue weighted by molar-refractivity contribution is 6.21. The van der Waals surface area contributed by atoms with Crippen LogP contribution < -0.4 is 5.32 Å². The van der Waals surface area contributed by atoms with Crippen molar-refractivity contribution in [3.05, 3.63) is 29.2 Å². The van der Waals surface area contributed by atoms with Crippen molar-refractivity contribution in [2.75, 3.05) is 0 Å². The van der Waals surface area contributed by atoms with Crippen LogP contribution in [-0.2, 0) is 5.38 Å². The van der Waals surface area contributed by atoms with Crippen LogP contribution in [0.2, 0.25) is 0 Å². The minimum Gasteiger partial charge on any atom is -0.348 e. The Morgan fingerprint density at radius 2 is 2.09 bits per heavy atom. The van der Waals surface area contributed by atoms with Crippen LogP contribution in [0.1, 0.15) is 47.6 Å². The Morgan fingerprint density at radius 3 is 2.73 bits per heavy atom. The van der Waals surface area contributed by atoms with E-state index in [1.165, 1.54) is 6.07 Å². The first-order valence-electron chi connectivity index (χ1n) is 7.10. The van der Waals surface area contributed by atoms with Gasteiger partial charge in [0.2, 0.25) is 0 Å². The number of rotatable bonds is 3. The van der Waals surface area contributed by atoms with Gasteiger partial charge in [0.25, 0.3) is 5.91 Å². The second-order valence-electron chi connectivity index (χ2n) is 5.53. The molecule has 22 heavy (non-hydrogen) atoms. The summed E-state index contributed by atoms with van der Waals surface area (Å²) in [5.74, 6) is -0.376. The quantitative estimate of drug-likeness (QED) is 0.881. The third kappa shape index (κ3) is 2.90. The fourth-order valence-corrected chi connectivity index (χ4v) is 2.88. The number of carbonyl (C=O) groups is 1. The number of hydrogen-bond acceptors (Lipinski definition) is 3. The number of aryl methyl sites for hydroxylation is 1. The smallest absolute Gasteiger partial charge is 0.348 e. The van der Waals surface area contributed by atoms with Gasteiger partial charge >= 0.3 is 5.38 Å². The number of carbonyl (C=O) groups excluding carboxylic acids is 1. The topological polar surface area (TPSA) is 59.3 Å². The molecule has 2 heterocycles. The van der Waals surface area contributed by atoms with E-state index in [1.807, 2.05) is 0 Å². The first kappa shape index (κ1) is 15.1. The molecule has 1 aliphatic rings. The van der Waals surface area contributed by atoms with Crippen molar-refractivity contribution in [3.8, 4) is 0 Å². The van der Waals surface area contributed by atoms with Crippen molar-refractivity contribution in [1.29, 1.82) is 0 Å². The Balaban J connectivity index is 1.96. The van der Waals surface area contributed by atoms with Crippen LogP contribution in [0.15, 0.2) is 12.1 Å². The summed E-state index contributed by atoms with van der Waals surface area (Å²) in [6.45, 7) is 1.58. The molecule has 0 aromatic carbocycles. The average molecular weight is 329 g/mol. The molecule has 0 atom stereocenters. The molecular weight excluding hydrogens is 314 g/mol. The fourth-order valence-electron chi connectivity index (χ4n) is 2.74. The summed E-state index contributed by atoms with van der Waals surface area (Å²) >= 11 is 5.11. The van der Waals surface area contributed by atoms with Gasteiger partial charge in [0.1, 0.15) is 5.69 Å². The van der Waals surface area contributed by atoms with E-state index >= 15 is 0 Å². The summed E-state index contributed by atoms with van der Waals surface area (Å²) in [4.78, 5) is 16.3. The van der Waals surface area contributed by atoms with Crippen LogP contribution in [0.5, 0.6) is 0 Å². The van der Waals surface area contributed by atoms with Crippen LogP contribution in [0.25, 0.3) is 5.65 Å². The molecule has 1 saturated carbocycles. The third-order valence-corrected chi connectivity index (χ3v) is 3.96. The number of fused-ring (bicyclic) bond motifs is 1. The Hall–Kier alpha value is -1.76. The maximum absolute atomic E-state index is 13.5. The molecule has 8 heteroatoms. The summed E-state index contributed by atoms with van der Waals surface area (Å²) in [5.41, 5.74) is 0.112. The predicted molar refractivity (Wildman–Crippen MR) is 77.2 cm³/mol. The number of amides is 1. The molecule has 2 aromatic heterocycles. The van der Waals surface area contributed by atoms with Gasteiger partial charge in [0, 0.05) is 17.8 Å². The van der Waals surface area contributed by atoms with Gasteiger partial charge in [-0.3, -0.25) is 4.79 Å². The standard InChI is InChI=1S/C14H15ClF2N4O/c1-8-6-11(14(15,16)17)21-12(18-8)7-10(20-21)13(22)19-9-4-2-3-5-9/h6-7,9H,2-5H2,1H3,(H,19,22). The van der Waals surface area contributed by atoms with Gasteiger partial charge in [-0.25, -0.2) is 9.50 Å². The number of nitrogens with one attached hydrogen (secondary N) is 1. The van der Waals surface area contributed by atoms with Gasteiger partial charge in [-0.05, 0) is 37.4 Å². The SMILES string of the molecule is Cc1cc(C(F)(F)Cl)n2nc(C(=O)NC3CCCC3)cc2n1. The van der Waals surface area contributed by atoms with Gasteiger partial charge in [0.05, 0.1) is 0 Å². The molecule has 1 amide bonds. The normalized spacial score (nSPS) is 16.4. The van der Waals surface area contributed by atoms with Crippen molar-refractivity contribution in [2.24, 2.45) is 0 Å². The molecule has 1 aliphatic carbocycles. The Kier molecular flexibility index (Phi) is 3.76. The van der Waals surface area contributed by atoms with Crippen molar-refractivity contribution in [3.63, 3.8) is 0 Å². The molecule has 0 unspecified atom stereocenters. The largest absolute Gasteiger partial charge is 0.364 e. The van der Waals surface area contributed by atoms with E-state index in [9.17, 15) is 13.6 Å². The van der Waals surface area contributed by atoms with Crippen LogP contribution in [0.3, 0.4) is 0 Å². The molecule has 1 N–H and O–H groups in total. The van der Waals surface area contributed by atoms with Gasteiger partial charge in [-0.1, -0.05) is 12.8 Å². The van der Waals surface area contributed by atoms with E-state index in [2.05, 4.69) is 15.4 Å². The molecule has 2 aromatic rings. The highest BCUT2D eigenvalue weighted by Crippen LogP contribution is 2.32. The van der Waals surface area contributed by atoms with Crippen LogP contribution in [0.4, 0.5) is 8.78 Å². The lowest BCUT2D eigenvalue weighted by molar-refractivity contribution is 0.0863. The Labute approximate surface area is 130 Å². The monoisotopic (exact) mass is 328 g/mol. The summed E-state index contributed by atoms with van der Waals surface area (Å²) < 4.78 is 27.9. The molecule has 0 spiro atoms. The molecule has 5 nitrogen and oxygen atoms in total. The van der Waals surface area contributed by atoms with Crippen LogP contribution >= 0.6 is 11.6 Å². The molecular formula is C14H15ClF2N4O. The summed E-state index contributed by atoms with van der Waals surface area (Å²) in [6, 6.07) is 2.68. The molecule has 0 saturated heterocycles. The van der Waals surface area contributed by atoms with E-state index in [0.29, 0.717) is 5.69 Å². The van der Waals surface area contributed by atoms with E-state index in [1.54, 1.807) is 6.92 Å². The molecule has 3 rings (SSSR count). The molecule has 0 bridgehead atoms. The van der Waals surface area contributed by atoms with Gasteiger partial charge < -0.3 is 5.32 Å². The summed E-state index contributed by atoms with van der Waals surface area (Å²) in [6.07, 6.45) is 4.03. The number of aromatic nitrogens is 3. The van der Waals surface area contributed by atoms with Crippen LogP contribution in [0, 0.1) is 6.92 Å². The maximum Gasteiger partial charge on any atom is 0.364 e. The minimum atomic E-state index is -3.59. The fraction of sp³-hybridized carbons (Fsp3) is 0.500. The number of nitrogens with zero attached hydrogens (tertiary/aromatic N) is 3. The molecule has 1 fully saturated rings. The summed E-state index contributed by atoms with van der Waals surface area (Å²) in [7, 11) is 0. The zero-order chi connectivity index (χ0) is 15.9. The highest BCUT2D eigenvalue weighted by Gasteiger charge is 2.33. The minimum absolute atomic E-state index is 0.0622. The molecule has 0 radical (unpaired) electrons. The zero-order valence-electron chi connectivity index (χ0n) is 11.9. The van der Waals surface area contributed by atoms with E-state index in [0.717, 1.165) is 36.3 Å². The summed E-state index contributed by atoms with van der Waals surface area (Å²) in [5, 5.41) is 3.22. The lowest BCUT2D eigenvalue weighted by atomic mass is 10.2. The highest BCUT2D eigenvalue weighted by atomic mass is 35.5. The number of hydrogen-bond donors (Lipinski definition) is 1. The lowest BCUT2D eigenvalue weighted by Gasteiger charge is -2.11. The van der Waals surface area contributed by atoms with Crippen LogP contribution in [-0.4, -0.2) is 26.5 Å². The third-order valence-electron chi connectivity index (χ3n) is 3.77. The van der Waals surface area contributed by atoms with E-state index in [4.69, 9.17) is 11.6 Å². The average Bonchev–Trinajstić information content (AvgIpc) is 3.05. The van der Waals surface area contributed by atoms with Crippen molar-refractivity contribution >= 4 is 23.2 Å². The van der Waals surface area contributed by atoms with Crippen molar-refractivity contribution in [1.82, 2.24) is 19.9 Å². The molecule has 0 aliphatic heterocycles. The Morgan fingerprint density at radius 1 is 1.41 bits per heavy atom. The zero-order valence-corrected chi connectivity index (χ0v) is 12.7. The van der Waals surface area contributed by atoms with Crippen molar-refractivity contribution < 1.29 is 13.6 Å². The molecule has 118 valence electrons. The van der Waals surface area contributed by atoms with Crippen molar-refractivity contribution in [2.45, 2.75) is 44.0 Å². The second kappa shape index (κ2) is 5.46. The maximum atomic E-state index is 13.5. The first-order valence-corrected chi connectivity index (χ1v) is 7.48. The second-order valence-corrected chi connectivity index (χ2v) is 6.01. The predicted octanol–water partition coefficient (Wildman–Crippen LogP) is 3.00. The van der Waals surface area contributed by atoms with E-state index in [-0.39, 0.29) is 23.3 Å². The first-order chi connectivity index (χ1) is 10.3. The Bertz CT molecular complexity index is 719. The van der Waals surface area contributed by atoms with Gasteiger partial charge in [-0.2, -0.15) is 13.9 Å².